The molecule has 0 spiro atoms. The second-order valence-electron chi connectivity index (χ2n) is 3.49. The highest BCUT2D eigenvalue weighted by molar-refractivity contribution is 5.97. The molecule has 0 saturated heterocycles. The summed E-state index contributed by atoms with van der Waals surface area (Å²) < 4.78 is 9.00. The van der Waals surface area contributed by atoms with Crippen LogP contribution < -0.4 is 0 Å². The van der Waals surface area contributed by atoms with Crippen molar-refractivity contribution in [3.63, 3.8) is 0 Å². The van der Waals surface area contributed by atoms with E-state index in [0.29, 0.717) is 0 Å². The molecule has 0 atom stereocenters. The number of rotatable bonds is 2. The zero-order valence-electron chi connectivity index (χ0n) is 9.75. The highest BCUT2D eigenvalue weighted by Gasteiger charge is 2.14. The van der Waals surface area contributed by atoms with Gasteiger partial charge in [0.2, 0.25) is 0 Å². The van der Waals surface area contributed by atoms with Crippen molar-refractivity contribution in [2.24, 2.45) is 0 Å². The fourth-order valence-electron chi connectivity index (χ4n) is 1.46. The third-order valence-corrected chi connectivity index (χ3v) is 2.26. The van der Waals surface area contributed by atoms with Crippen LogP contribution in [0.15, 0.2) is 36.5 Å². The molecule has 1 aromatic heterocycles. The van der Waals surface area contributed by atoms with Gasteiger partial charge >= 0.3 is 12.1 Å². The summed E-state index contributed by atoms with van der Waals surface area (Å²) in [6.07, 6.45) is 0.361. The van der Waals surface area contributed by atoms with Crippen LogP contribution in [0, 0.1) is 0 Å². The Hall–Kier alpha value is -2.43. The summed E-state index contributed by atoms with van der Waals surface area (Å²) in [5.41, 5.74) is 0.979. The molecule has 0 aliphatic rings. The SMILES string of the molecule is CCOC(=O)OC(=O)c1cnc2ccccc2c1. The first-order chi connectivity index (χ1) is 8.70. The third kappa shape index (κ3) is 2.63. The second kappa shape index (κ2) is 5.27. The van der Waals surface area contributed by atoms with E-state index in [1.165, 1.54) is 6.20 Å². The van der Waals surface area contributed by atoms with Crippen molar-refractivity contribution in [3.05, 3.63) is 42.1 Å². The number of carbonyl (C=O) groups is 2. The molecular weight excluding hydrogens is 234 g/mol. The molecule has 0 N–H and O–H groups in total. The van der Waals surface area contributed by atoms with Gasteiger partial charge in [-0.2, -0.15) is 0 Å². The van der Waals surface area contributed by atoms with E-state index in [0.717, 1.165) is 10.9 Å². The van der Waals surface area contributed by atoms with E-state index < -0.39 is 12.1 Å². The molecule has 5 nitrogen and oxygen atoms in total. The molecule has 5 heteroatoms. The largest absolute Gasteiger partial charge is 0.516 e. The Morgan fingerprint density at radius 2 is 2.06 bits per heavy atom. The van der Waals surface area contributed by atoms with Gasteiger partial charge in [-0.05, 0) is 19.1 Å². The van der Waals surface area contributed by atoms with Crippen LogP contribution in [0.25, 0.3) is 10.9 Å². The van der Waals surface area contributed by atoms with Crippen molar-refractivity contribution in [1.82, 2.24) is 4.98 Å². The van der Waals surface area contributed by atoms with Crippen LogP contribution >= 0.6 is 0 Å². The molecule has 0 bridgehead atoms. The van der Waals surface area contributed by atoms with Crippen molar-refractivity contribution in [2.75, 3.05) is 6.61 Å². The molecule has 2 aromatic rings. The number of para-hydroxylation sites is 1. The number of nitrogens with zero attached hydrogens (tertiary/aromatic N) is 1. The molecule has 92 valence electrons. The molecule has 2 rings (SSSR count). The van der Waals surface area contributed by atoms with Crippen LogP contribution in [-0.2, 0) is 9.47 Å². The van der Waals surface area contributed by atoms with Crippen LogP contribution in [0.3, 0.4) is 0 Å². The van der Waals surface area contributed by atoms with Crippen molar-refractivity contribution in [2.45, 2.75) is 6.92 Å². The predicted molar refractivity (Wildman–Crippen MR) is 64.2 cm³/mol. The molecule has 1 heterocycles. The number of fused-ring (bicyclic) bond motifs is 1. The highest BCUT2D eigenvalue weighted by atomic mass is 16.7. The standard InChI is InChI=1S/C13H11NO4/c1-2-17-13(16)18-12(15)10-7-9-5-3-4-6-11(9)14-8-10/h3-8H,2H2,1H3. The van der Waals surface area contributed by atoms with E-state index in [2.05, 4.69) is 14.5 Å². The smallest absolute Gasteiger partial charge is 0.434 e. The fourth-order valence-corrected chi connectivity index (χ4v) is 1.46. The predicted octanol–water partition coefficient (Wildman–Crippen LogP) is 2.55. The first-order valence-electron chi connectivity index (χ1n) is 5.44. The monoisotopic (exact) mass is 245 g/mol. The molecule has 0 radical (unpaired) electrons. The molecule has 1 aromatic carbocycles. The van der Waals surface area contributed by atoms with Gasteiger partial charge in [0, 0.05) is 11.6 Å². The number of hydrogen-bond donors (Lipinski definition) is 0. The average Bonchev–Trinajstić information content (AvgIpc) is 2.38. The van der Waals surface area contributed by atoms with Gasteiger partial charge in [0.25, 0.3) is 0 Å². The fraction of sp³-hybridized carbons (Fsp3) is 0.154. The van der Waals surface area contributed by atoms with Gasteiger partial charge < -0.3 is 9.47 Å². The third-order valence-electron chi connectivity index (χ3n) is 2.26. The Kier molecular flexibility index (Phi) is 3.52. The van der Waals surface area contributed by atoms with E-state index >= 15 is 0 Å². The molecule has 0 amide bonds. The number of pyridine rings is 1. The molecule has 0 saturated carbocycles. The minimum Gasteiger partial charge on any atom is -0.434 e. The number of ether oxygens (including phenoxy) is 2. The lowest BCUT2D eigenvalue weighted by Gasteiger charge is -2.03. The topological polar surface area (TPSA) is 65.5 Å². The normalized spacial score (nSPS) is 10.1. The first kappa shape index (κ1) is 12.0. The molecule has 0 unspecified atom stereocenters. The number of benzene rings is 1. The van der Waals surface area contributed by atoms with Gasteiger partial charge in [0.05, 0.1) is 17.7 Å². The summed E-state index contributed by atoms with van der Waals surface area (Å²) in [6, 6.07) is 8.96. The molecular formula is C13H11NO4. The maximum Gasteiger partial charge on any atom is 0.516 e. The van der Waals surface area contributed by atoms with Gasteiger partial charge in [-0.25, -0.2) is 9.59 Å². The summed E-state index contributed by atoms with van der Waals surface area (Å²) in [5, 5.41) is 0.802. The Morgan fingerprint density at radius 3 is 2.83 bits per heavy atom. The second-order valence-corrected chi connectivity index (χ2v) is 3.49. The number of carbonyl (C=O) groups excluding carboxylic acids is 2. The molecule has 0 fully saturated rings. The van der Waals surface area contributed by atoms with E-state index in [-0.39, 0.29) is 12.2 Å². The molecule has 18 heavy (non-hydrogen) atoms. The Bertz CT molecular complexity index is 594. The Labute approximate surface area is 103 Å². The summed E-state index contributed by atoms with van der Waals surface area (Å²) in [6.45, 7) is 1.78. The van der Waals surface area contributed by atoms with Crippen LogP contribution in [-0.4, -0.2) is 23.7 Å². The lowest BCUT2D eigenvalue weighted by Crippen LogP contribution is -2.14. The van der Waals surface area contributed by atoms with Crippen LogP contribution in [0.5, 0.6) is 0 Å². The van der Waals surface area contributed by atoms with E-state index in [1.807, 2.05) is 24.3 Å². The van der Waals surface area contributed by atoms with Gasteiger partial charge in [0.1, 0.15) is 0 Å². The molecule has 0 aliphatic carbocycles. The number of hydrogen-bond acceptors (Lipinski definition) is 5. The number of aromatic nitrogens is 1. The van der Waals surface area contributed by atoms with E-state index in [1.54, 1.807) is 13.0 Å². The summed E-state index contributed by atoms with van der Waals surface area (Å²) >= 11 is 0. The Morgan fingerprint density at radius 1 is 1.28 bits per heavy atom. The zero-order chi connectivity index (χ0) is 13.0. The van der Waals surface area contributed by atoms with Crippen molar-refractivity contribution < 1.29 is 19.1 Å². The van der Waals surface area contributed by atoms with Gasteiger partial charge in [0.15, 0.2) is 0 Å². The van der Waals surface area contributed by atoms with Crippen molar-refractivity contribution in [1.29, 1.82) is 0 Å². The quantitative estimate of drug-likeness (QED) is 0.601. The van der Waals surface area contributed by atoms with Gasteiger partial charge in [-0.3, -0.25) is 4.98 Å². The maximum absolute atomic E-state index is 11.6. The summed E-state index contributed by atoms with van der Waals surface area (Å²) in [7, 11) is 0. The van der Waals surface area contributed by atoms with Crippen LogP contribution in [0.2, 0.25) is 0 Å². The number of esters is 1. The van der Waals surface area contributed by atoms with Crippen LogP contribution in [0.1, 0.15) is 17.3 Å². The zero-order valence-corrected chi connectivity index (χ0v) is 9.75. The lowest BCUT2D eigenvalue weighted by molar-refractivity contribution is 0.0401. The highest BCUT2D eigenvalue weighted by Crippen LogP contribution is 2.13. The van der Waals surface area contributed by atoms with Crippen LogP contribution in [0.4, 0.5) is 4.79 Å². The average molecular weight is 245 g/mol. The van der Waals surface area contributed by atoms with E-state index in [4.69, 9.17) is 0 Å². The minimum absolute atomic E-state index is 0.155. The van der Waals surface area contributed by atoms with Crippen molar-refractivity contribution in [3.8, 4) is 0 Å². The first-order valence-corrected chi connectivity index (χ1v) is 5.44. The summed E-state index contributed by atoms with van der Waals surface area (Å²) in [4.78, 5) is 26.7. The lowest BCUT2D eigenvalue weighted by atomic mass is 10.2. The minimum atomic E-state index is -1.00. The summed E-state index contributed by atoms with van der Waals surface area (Å²) in [5.74, 6) is -0.772. The Balaban J connectivity index is 2.20. The maximum atomic E-state index is 11.6. The van der Waals surface area contributed by atoms with E-state index in [9.17, 15) is 9.59 Å². The molecule has 0 aliphatic heterocycles. The van der Waals surface area contributed by atoms with Crippen molar-refractivity contribution >= 4 is 23.0 Å². The van der Waals surface area contributed by atoms with Gasteiger partial charge in [-0.15, -0.1) is 0 Å². The van der Waals surface area contributed by atoms with Gasteiger partial charge in [-0.1, -0.05) is 18.2 Å².